The molecule has 0 spiro atoms. The van der Waals surface area contributed by atoms with E-state index in [1.807, 2.05) is 40.9 Å². The summed E-state index contributed by atoms with van der Waals surface area (Å²) in [6.45, 7) is 0.731. The second kappa shape index (κ2) is 5.88. The van der Waals surface area contributed by atoms with Crippen LogP contribution < -0.4 is 5.32 Å². The van der Waals surface area contributed by atoms with E-state index in [9.17, 15) is 0 Å². The molecule has 0 saturated carbocycles. The fraction of sp³-hybridized carbons (Fsp3) is 0.0556. The molecule has 23 heavy (non-hydrogen) atoms. The maximum atomic E-state index is 4.71. The van der Waals surface area contributed by atoms with Crippen molar-refractivity contribution in [3.8, 4) is 11.3 Å². The second-order valence-corrected chi connectivity index (χ2v) is 5.19. The summed E-state index contributed by atoms with van der Waals surface area (Å²) in [5.41, 5.74) is 3.96. The summed E-state index contributed by atoms with van der Waals surface area (Å²) < 4.78 is 2.02. The molecule has 4 aromatic rings. The van der Waals surface area contributed by atoms with Crippen LogP contribution in [-0.2, 0) is 6.54 Å². The lowest BCUT2D eigenvalue weighted by molar-refractivity contribution is 1.07. The Balaban J connectivity index is 1.77. The highest BCUT2D eigenvalue weighted by Crippen LogP contribution is 2.28. The lowest BCUT2D eigenvalue weighted by Gasteiger charge is -2.08. The minimum absolute atomic E-state index is 0.731. The molecular formula is C18H15N5. The van der Waals surface area contributed by atoms with Crippen LogP contribution >= 0.6 is 0 Å². The number of hydrogen-bond acceptors (Lipinski definition) is 4. The molecule has 112 valence electrons. The predicted octanol–water partition coefficient (Wildman–Crippen LogP) is 3.40. The zero-order valence-electron chi connectivity index (χ0n) is 12.4. The summed E-state index contributed by atoms with van der Waals surface area (Å²) in [5, 5.41) is 3.50. The summed E-state index contributed by atoms with van der Waals surface area (Å²) in [7, 11) is 0. The largest absolute Gasteiger partial charge is 0.365 e. The van der Waals surface area contributed by atoms with Crippen LogP contribution in [-0.4, -0.2) is 19.4 Å². The monoisotopic (exact) mass is 301 g/mol. The van der Waals surface area contributed by atoms with E-state index in [2.05, 4.69) is 27.4 Å². The number of nitrogens with one attached hydrogen (secondary N) is 1. The summed E-state index contributed by atoms with van der Waals surface area (Å²) in [4.78, 5) is 12.9. The third kappa shape index (κ3) is 2.64. The number of fused-ring (bicyclic) bond motifs is 1. The number of pyridine rings is 1. The highest BCUT2D eigenvalue weighted by atomic mass is 15.1. The maximum absolute atomic E-state index is 4.71. The summed E-state index contributed by atoms with van der Waals surface area (Å²) in [6.07, 6.45) is 8.99. The molecule has 4 rings (SSSR count). The number of benzene rings is 1. The molecule has 5 heteroatoms. The first-order valence-electron chi connectivity index (χ1n) is 7.42. The fourth-order valence-electron chi connectivity index (χ4n) is 2.57. The normalized spacial score (nSPS) is 10.8. The minimum atomic E-state index is 0.731. The summed E-state index contributed by atoms with van der Waals surface area (Å²) in [6, 6.07) is 14.2. The van der Waals surface area contributed by atoms with Gasteiger partial charge in [0.1, 0.15) is 11.5 Å². The van der Waals surface area contributed by atoms with Gasteiger partial charge >= 0.3 is 0 Å². The molecule has 0 amide bonds. The van der Waals surface area contributed by atoms with Gasteiger partial charge in [-0.25, -0.2) is 4.98 Å². The molecule has 0 fully saturated rings. The fourth-order valence-corrected chi connectivity index (χ4v) is 2.57. The van der Waals surface area contributed by atoms with Gasteiger partial charge in [-0.05, 0) is 17.7 Å². The van der Waals surface area contributed by atoms with E-state index in [0.29, 0.717) is 0 Å². The number of imidazole rings is 1. The zero-order chi connectivity index (χ0) is 15.5. The molecule has 0 aliphatic heterocycles. The number of nitrogens with zero attached hydrogens (tertiary/aromatic N) is 4. The zero-order valence-corrected chi connectivity index (χ0v) is 12.4. The van der Waals surface area contributed by atoms with Crippen molar-refractivity contribution < 1.29 is 0 Å². The Bertz CT molecular complexity index is 916. The topological polar surface area (TPSA) is 55.1 Å². The average molecular weight is 301 g/mol. The van der Waals surface area contributed by atoms with Crippen LogP contribution in [0.1, 0.15) is 5.56 Å². The van der Waals surface area contributed by atoms with E-state index in [0.717, 1.165) is 29.3 Å². The van der Waals surface area contributed by atoms with Crippen molar-refractivity contribution in [1.82, 2.24) is 19.4 Å². The van der Waals surface area contributed by atoms with Crippen LogP contribution in [0.2, 0.25) is 0 Å². The van der Waals surface area contributed by atoms with Gasteiger partial charge in [-0.3, -0.25) is 14.4 Å². The van der Waals surface area contributed by atoms with Gasteiger partial charge < -0.3 is 5.32 Å². The highest BCUT2D eigenvalue weighted by molar-refractivity contribution is 5.76. The van der Waals surface area contributed by atoms with E-state index in [1.54, 1.807) is 24.8 Å². The lowest BCUT2D eigenvalue weighted by Crippen LogP contribution is -2.03. The minimum Gasteiger partial charge on any atom is -0.365 e. The molecule has 1 aromatic carbocycles. The van der Waals surface area contributed by atoms with Crippen LogP contribution in [0.15, 0.2) is 73.4 Å². The third-order valence-corrected chi connectivity index (χ3v) is 3.69. The van der Waals surface area contributed by atoms with Crippen LogP contribution in [0.4, 0.5) is 5.82 Å². The van der Waals surface area contributed by atoms with Gasteiger partial charge in [0.2, 0.25) is 0 Å². The van der Waals surface area contributed by atoms with Gasteiger partial charge in [0, 0.05) is 36.9 Å². The molecular weight excluding hydrogens is 286 g/mol. The van der Waals surface area contributed by atoms with Crippen molar-refractivity contribution >= 4 is 11.5 Å². The van der Waals surface area contributed by atoms with Crippen LogP contribution in [0.25, 0.3) is 16.9 Å². The van der Waals surface area contributed by atoms with E-state index in [-0.39, 0.29) is 0 Å². The number of aromatic nitrogens is 4. The molecule has 0 radical (unpaired) electrons. The Morgan fingerprint density at radius 2 is 1.74 bits per heavy atom. The van der Waals surface area contributed by atoms with E-state index < -0.39 is 0 Å². The van der Waals surface area contributed by atoms with E-state index in [4.69, 9.17) is 4.98 Å². The first-order valence-corrected chi connectivity index (χ1v) is 7.42. The smallest absolute Gasteiger partial charge is 0.157 e. The van der Waals surface area contributed by atoms with Crippen molar-refractivity contribution in [2.75, 3.05) is 5.32 Å². The predicted molar refractivity (Wildman–Crippen MR) is 90.0 cm³/mol. The Labute approximate surface area is 133 Å². The lowest BCUT2D eigenvalue weighted by atomic mass is 10.2. The maximum Gasteiger partial charge on any atom is 0.157 e. The Morgan fingerprint density at radius 1 is 0.913 bits per heavy atom. The van der Waals surface area contributed by atoms with Gasteiger partial charge in [-0.1, -0.05) is 30.3 Å². The number of hydrogen-bond donors (Lipinski definition) is 1. The number of rotatable bonds is 4. The second-order valence-electron chi connectivity index (χ2n) is 5.19. The summed E-state index contributed by atoms with van der Waals surface area (Å²) >= 11 is 0. The Kier molecular flexibility index (Phi) is 3.44. The van der Waals surface area contributed by atoms with Crippen LogP contribution in [0.3, 0.4) is 0 Å². The molecule has 0 aliphatic rings. The molecule has 0 saturated heterocycles. The molecule has 3 heterocycles. The van der Waals surface area contributed by atoms with Gasteiger partial charge in [0.15, 0.2) is 5.65 Å². The highest BCUT2D eigenvalue weighted by Gasteiger charge is 2.13. The third-order valence-electron chi connectivity index (χ3n) is 3.69. The first kappa shape index (κ1) is 13.5. The van der Waals surface area contributed by atoms with Crippen LogP contribution in [0.5, 0.6) is 0 Å². The van der Waals surface area contributed by atoms with E-state index in [1.165, 1.54) is 5.56 Å². The number of anilines is 1. The SMILES string of the molecule is c1ccc(CNc2c(-c3ccncc3)nc3cnccn23)cc1. The molecule has 0 aliphatic carbocycles. The molecule has 1 N–H and O–H groups in total. The van der Waals surface area contributed by atoms with Gasteiger partial charge in [-0.15, -0.1) is 0 Å². The average Bonchev–Trinajstić information content (AvgIpc) is 3.00. The molecule has 5 nitrogen and oxygen atoms in total. The Hall–Kier alpha value is -3.21. The Morgan fingerprint density at radius 3 is 2.57 bits per heavy atom. The standard InChI is InChI=1S/C18H15N5/c1-2-4-14(5-3-1)12-21-18-17(15-6-8-19-9-7-15)22-16-13-20-10-11-23(16)18/h1-11,13,21H,12H2. The first-order chi connectivity index (χ1) is 11.4. The van der Waals surface area contributed by atoms with Gasteiger partial charge in [0.25, 0.3) is 0 Å². The van der Waals surface area contributed by atoms with Crippen molar-refractivity contribution in [2.45, 2.75) is 6.54 Å². The van der Waals surface area contributed by atoms with Crippen molar-refractivity contribution in [3.05, 3.63) is 79.0 Å². The molecule has 0 bridgehead atoms. The van der Waals surface area contributed by atoms with Crippen molar-refractivity contribution in [3.63, 3.8) is 0 Å². The van der Waals surface area contributed by atoms with Crippen molar-refractivity contribution in [1.29, 1.82) is 0 Å². The van der Waals surface area contributed by atoms with Crippen molar-refractivity contribution in [2.24, 2.45) is 0 Å². The quantitative estimate of drug-likeness (QED) is 0.627. The van der Waals surface area contributed by atoms with Gasteiger partial charge in [0.05, 0.1) is 6.20 Å². The molecule has 0 atom stereocenters. The molecule has 3 aromatic heterocycles. The summed E-state index contributed by atoms with van der Waals surface area (Å²) in [5.74, 6) is 0.956. The van der Waals surface area contributed by atoms with Crippen LogP contribution in [0, 0.1) is 0 Å². The van der Waals surface area contributed by atoms with Gasteiger partial charge in [-0.2, -0.15) is 0 Å². The van der Waals surface area contributed by atoms with E-state index >= 15 is 0 Å². The molecule has 0 unspecified atom stereocenters.